The zero-order valence-corrected chi connectivity index (χ0v) is 9.35. The lowest BCUT2D eigenvalue weighted by molar-refractivity contribution is 0.0903. The summed E-state index contributed by atoms with van der Waals surface area (Å²) in [5, 5.41) is 17.9. The first-order valence-corrected chi connectivity index (χ1v) is 5.31. The summed E-state index contributed by atoms with van der Waals surface area (Å²) in [7, 11) is 0. The highest BCUT2D eigenvalue weighted by molar-refractivity contribution is 6.18. The van der Waals surface area contributed by atoms with E-state index in [-0.39, 0.29) is 18.3 Å². The lowest BCUT2D eigenvalue weighted by Crippen LogP contribution is -2.19. The second-order valence-electron chi connectivity index (χ2n) is 3.23. The molecule has 16 heavy (non-hydrogen) atoms. The van der Waals surface area contributed by atoms with E-state index in [1.54, 1.807) is 18.2 Å². The molecule has 0 saturated carbocycles. The average molecular weight is 245 g/mol. The van der Waals surface area contributed by atoms with Crippen LogP contribution in [0.3, 0.4) is 0 Å². The van der Waals surface area contributed by atoms with Gasteiger partial charge >= 0.3 is 0 Å². The number of halogens is 1. The van der Waals surface area contributed by atoms with Crippen molar-refractivity contribution in [3.63, 3.8) is 0 Å². The number of ether oxygens (including phenoxy) is 1. The number of aliphatic hydroxyl groups is 2. The SMILES string of the molecule is O=C(CO)c1cccc(OCC(O)CCl)c1. The first-order valence-electron chi connectivity index (χ1n) is 4.78. The highest BCUT2D eigenvalue weighted by Gasteiger charge is 2.07. The number of carbonyl (C=O) groups excluding carboxylic acids is 1. The lowest BCUT2D eigenvalue weighted by Gasteiger charge is -2.10. The predicted octanol–water partition coefficient (Wildman–Crippen LogP) is 0.840. The third-order valence-corrected chi connectivity index (χ3v) is 2.28. The van der Waals surface area contributed by atoms with Gasteiger partial charge in [0.2, 0.25) is 0 Å². The highest BCUT2D eigenvalue weighted by atomic mass is 35.5. The molecule has 5 heteroatoms. The van der Waals surface area contributed by atoms with E-state index in [1.807, 2.05) is 0 Å². The molecule has 0 radical (unpaired) electrons. The van der Waals surface area contributed by atoms with E-state index in [2.05, 4.69) is 0 Å². The number of alkyl halides is 1. The van der Waals surface area contributed by atoms with E-state index in [4.69, 9.17) is 21.4 Å². The van der Waals surface area contributed by atoms with Crippen molar-refractivity contribution in [1.29, 1.82) is 0 Å². The molecular weight excluding hydrogens is 232 g/mol. The van der Waals surface area contributed by atoms with Crippen LogP contribution in [0.25, 0.3) is 0 Å². The predicted molar refractivity (Wildman–Crippen MR) is 60.1 cm³/mol. The van der Waals surface area contributed by atoms with Gasteiger partial charge in [-0.3, -0.25) is 4.79 Å². The Bertz CT molecular complexity index is 354. The minimum absolute atomic E-state index is 0.0697. The molecule has 1 atom stereocenters. The van der Waals surface area contributed by atoms with E-state index in [0.29, 0.717) is 11.3 Å². The number of Topliss-reactive ketones (excluding diaryl/α,β-unsaturated/α-hetero) is 1. The average Bonchev–Trinajstić information content (AvgIpc) is 2.35. The zero-order chi connectivity index (χ0) is 12.0. The molecule has 1 aromatic rings. The maximum absolute atomic E-state index is 11.2. The maximum atomic E-state index is 11.2. The molecule has 4 nitrogen and oxygen atoms in total. The fraction of sp³-hybridized carbons (Fsp3) is 0.364. The second kappa shape index (κ2) is 6.48. The van der Waals surface area contributed by atoms with Crippen molar-refractivity contribution in [2.45, 2.75) is 6.10 Å². The Morgan fingerprint density at radius 2 is 2.25 bits per heavy atom. The van der Waals surface area contributed by atoms with Gasteiger partial charge in [0.25, 0.3) is 0 Å². The Labute approximate surface area is 98.4 Å². The summed E-state index contributed by atoms with van der Waals surface area (Å²) in [6, 6.07) is 6.41. The normalized spacial score (nSPS) is 12.2. The summed E-state index contributed by atoms with van der Waals surface area (Å²) in [6.45, 7) is -0.464. The van der Waals surface area contributed by atoms with E-state index in [1.165, 1.54) is 6.07 Å². The Morgan fingerprint density at radius 3 is 2.88 bits per heavy atom. The van der Waals surface area contributed by atoms with Gasteiger partial charge < -0.3 is 14.9 Å². The van der Waals surface area contributed by atoms with Gasteiger partial charge in [-0.15, -0.1) is 11.6 Å². The van der Waals surface area contributed by atoms with Crippen LogP contribution in [0.2, 0.25) is 0 Å². The monoisotopic (exact) mass is 244 g/mol. The van der Waals surface area contributed by atoms with Crippen molar-refractivity contribution in [2.75, 3.05) is 19.1 Å². The molecule has 1 aromatic carbocycles. The molecular formula is C11H13ClO4. The van der Waals surface area contributed by atoms with Crippen LogP contribution in [0.1, 0.15) is 10.4 Å². The number of rotatable bonds is 6. The van der Waals surface area contributed by atoms with Crippen molar-refractivity contribution < 1.29 is 19.7 Å². The van der Waals surface area contributed by atoms with E-state index in [0.717, 1.165) is 0 Å². The number of carbonyl (C=O) groups is 1. The van der Waals surface area contributed by atoms with Crippen molar-refractivity contribution in [1.82, 2.24) is 0 Å². The Hall–Kier alpha value is -1.10. The molecule has 0 aliphatic carbocycles. The molecule has 0 aromatic heterocycles. The summed E-state index contributed by atoms with van der Waals surface area (Å²) in [5.41, 5.74) is 0.375. The molecule has 0 heterocycles. The van der Waals surface area contributed by atoms with Crippen LogP contribution < -0.4 is 4.74 Å². The second-order valence-corrected chi connectivity index (χ2v) is 3.54. The van der Waals surface area contributed by atoms with Crippen LogP contribution in [-0.4, -0.2) is 41.2 Å². The highest BCUT2D eigenvalue weighted by Crippen LogP contribution is 2.14. The summed E-state index contributed by atoms with van der Waals surface area (Å²) in [6.07, 6.45) is -0.737. The van der Waals surface area contributed by atoms with Crippen molar-refractivity contribution in [2.24, 2.45) is 0 Å². The summed E-state index contributed by atoms with van der Waals surface area (Å²) in [4.78, 5) is 11.2. The topological polar surface area (TPSA) is 66.8 Å². The first kappa shape index (κ1) is 13.0. The Kier molecular flexibility index (Phi) is 5.25. The lowest BCUT2D eigenvalue weighted by atomic mass is 10.1. The molecule has 0 fully saturated rings. The summed E-state index contributed by atoms with van der Waals surface area (Å²) >= 11 is 5.41. The Balaban J connectivity index is 2.64. The third-order valence-electron chi connectivity index (χ3n) is 1.92. The van der Waals surface area contributed by atoms with Gasteiger partial charge in [0.05, 0.1) is 5.88 Å². The van der Waals surface area contributed by atoms with E-state index >= 15 is 0 Å². The molecule has 0 bridgehead atoms. The van der Waals surface area contributed by atoms with Crippen LogP contribution >= 0.6 is 11.6 Å². The zero-order valence-electron chi connectivity index (χ0n) is 8.60. The molecule has 0 saturated heterocycles. The number of hydrogen-bond donors (Lipinski definition) is 2. The largest absolute Gasteiger partial charge is 0.491 e. The molecule has 0 amide bonds. The van der Waals surface area contributed by atoms with Crippen molar-refractivity contribution >= 4 is 17.4 Å². The van der Waals surface area contributed by atoms with Gasteiger partial charge in [0.1, 0.15) is 25.1 Å². The van der Waals surface area contributed by atoms with Crippen LogP contribution in [0.15, 0.2) is 24.3 Å². The summed E-state index contributed by atoms with van der Waals surface area (Å²) in [5.74, 6) is 0.182. The molecule has 0 aliphatic rings. The molecule has 1 unspecified atom stereocenters. The van der Waals surface area contributed by atoms with Crippen LogP contribution in [0.4, 0.5) is 0 Å². The van der Waals surface area contributed by atoms with Gasteiger partial charge in [-0.2, -0.15) is 0 Å². The maximum Gasteiger partial charge on any atom is 0.188 e. The van der Waals surface area contributed by atoms with Crippen LogP contribution in [0, 0.1) is 0 Å². The fourth-order valence-electron chi connectivity index (χ4n) is 1.09. The third kappa shape index (κ3) is 3.81. The number of benzene rings is 1. The number of aliphatic hydroxyl groups excluding tert-OH is 2. The van der Waals surface area contributed by atoms with Crippen LogP contribution in [0.5, 0.6) is 5.75 Å². The van der Waals surface area contributed by atoms with Gasteiger partial charge in [0, 0.05) is 5.56 Å². The molecule has 0 aliphatic heterocycles. The van der Waals surface area contributed by atoms with E-state index in [9.17, 15) is 9.90 Å². The van der Waals surface area contributed by atoms with Gasteiger partial charge in [-0.25, -0.2) is 0 Å². The molecule has 88 valence electrons. The Morgan fingerprint density at radius 1 is 1.50 bits per heavy atom. The first-order chi connectivity index (χ1) is 7.67. The standard InChI is InChI=1S/C11H13ClO4/c12-5-9(14)7-16-10-3-1-2-8(4-10)11(15)6-13/h1-4,9,13-14H,5-7H2. The van der Waals surface area contributed by atoms with Crippen LogP contribution in [-0.2, 0) is 0 Å². The molecule has 2 N–H and O–H groups in total. The van der Waals surface area contributed by atoms with Gasteiger partial charge in [-0.05, 0) is 12.1 Å². The minimum Gasteiger partial charge on any atom is -0.491 e. The van der Waals surface area contributed by atoms with E-state index < -0.39 is 12.7 Å². The summed E-state index contributed by atoms with van der Waals surface area (Å²) < 4.78 is 5.23. The van der Waals surface area contributed by atoms with Crippen molar-refractivity contribution in [3.8, 4) is 5.75 Å². The molecule has 1 rings (SSSR count). The smallest absolute Gasteiger partial charge is 0.188 e. The quantitative estimate of drug-likeness (QED) is 0.575. The van der Waals surface area contributed by atoms with Crippen molar-refractivity contribution in [3.05, 3.63) is 29.8 Å². The minimum atomic E-state index is -0.737. The molecule has 0 spiro atoms. The van der Waals surface area contributed by atoms with Gasteiger partial charge in [0.15, 0.2) is 5.78 Å². The van der Waals surface area contributed by atoms with Gasteiger partial charge in [-0.1, -0.05) is 12.1 Å². The number of ketones is 1. The fourth-order valence-corrected chi connectivity index (χ4v) is 1.18. The number of hydrogen-bond acceptors (Lipinski definition) is 4.